The molecule has 0 aliphatic rings. The van der Waals surface area contributed by atoms with E-state index in [1.807, 2.05) is 0 Å². The Labute approximate surface area is 102 Å². The average Bonchev–Trinajstić information content (AvgIpc) is 2.93. The van der Waals surface area contributed by atoms with E-state index in [0.717, 1.165) is 28.6 Å². The highest BCUT2D eigenvalue weighted by molar-refractivity contribution is 7.07. The largest absolute Gasteiger partial charge is 0.353 e. The molecule has 2 aromatic heterocycles. The molecule has 0 radical (unpaired) electrons. The lowest BCUT2D eigenvalue weighted by molar-refractivity contribution is 0.112. The van der Waals surface area contributed by atoms with E-state index in [0.29, 0.717) is 4.88 Å². The monoisotopic (exact) mass is 242 g/mol. The van der Waals surface area contributed by atoms with Crippen molar-refractivity contribution in [3.8, 4) is 11.4 Å². The van der Waals surface area contributed by atoms with Crippen molar-refractivity contribution in [2.75, 3.05) is 0 Å². The molecule has 3 aromatic rings. The Hall–Kier alpha value is -1.94. The number of carbonyl (C=O) groups is 1. The highest BCUT2D eigenvalue weighted by atomic mass is 32.1. The quantitative estimate of drug-likeness (QED) is 0.700. The van der Waals surface area contributed by atoms with E-state index in [1.54, 1.807) is 6.07 Å². The van der Waals surface area contributed by atoms with Gasteiger partial charge in [0.15, 0.2) is 6.29 Å². The minimum atomic E-state index is 0.648. The van der Waals surface area contributed by atoms with Crippen molar-refractivity contribution >= 4 is 28.7 Å². The maximum atomic E-state index is 10.6. The van der Waals surface area contributed by atoms with Gasteiger partial charge in [0.1, 0.15) is 5.69 Å². The van der Waals surface area contributed by atoms with Crippen LogP contribution in [-0.2, 0) is 0 Å². The normalized spacial score (nSPS) is 10.9. The van der Waals surface area contributed by atoms with Crippen LogP contribution in [0.4, 0.5) is 0 Å². The molecule has 4 heteroatoms. The van der Waals surface area contributed by atoms with Crippen LogP contribution in [0.5, 0.6) is 0 Å². The Morgan fingerprint density at radius 1 is 1.29 bits per heavy atom. The SMILES string of the molecule is Cc1ccc2cc(-c3cc(C=O)sn3)[nH]c2c1. The summed E-state index contributed by atoms with van der Waals surface area (Å²) in [5, 5.41) is 1.16. The fourth-order valence-corrected chi connectivity index (χ4v) is 2.41. The fraction of sp³-hybridized carbons (Fsp3) is 0.0769. The van der Waals surface area contributed by atoms with Crippen LogP contribution >= 0.6 is 11.5 Å². The molecule has 0 amide bonds. The number of nitrogens with zero attached hydrogens (tertiary/aromatic N) is 1. The second kappa shape index (κ2) is 3.82. The van der Waals surface area contributed by atoms with Crippen LogP contribution in [0.25, 0.3) is 22.3 Å². The molecular weight excluding hydrogens is 232 g/mol. The maximum Gasteiger partial charge on any atom is 0.161 e. The van der Waals surface area contributed by atoms with E-state index in [9.17, 15) is 4.79 Å². The third-order valence-electron chi connectivity index (χ3n) is 2.70. The summed E-state index contributed by atoms with van der Waals surface area (Å²) in [4.78, 5) is 14.6. The smallest absolute Gasteiger partial charge is 0.161 e. The lowest BCUT2D eigenvalue weighted by atomic mass is 10.2. The Balaban J connectivity index is 2.14. The lowest BCUT2D eigenvalue weighted by Gasteiger charge is -1.91. The second-order valence-corrected chi connectivity index (χ2v) is 4.84. The molecule has 17 heavy (non-hydrogen) atoms. The molecule has 84 valence electrons. The first-order chi connectivity index (χ1) is 8.26. The van der Waals surface area contributed by atoms with Crippen LogP contribution in [0.1, 0.15) is 15.2 Å². The van der Waals surface area contributed by atoms with Crippen molar-refractivity contribution in [3.63, 3.8) is 0 Å². The van der Waals surface area contributed by atoms with Gasteiger partial charge in [0.25, 0.3) is 0 Å². The fourth-order valence-electron chi connectivity index (χ4n) is 1.85. The number of aromatic amines is 1. The summed E-state index contributed by atoms with van der Waals surface area (Å²) in [6.07, 6.45) is 0.827. The van der Waals surface area contributed by atoms with Gasteiger partial charge in [-0.1, -0.05) is 12.1 Å². The van der Waals surface area contributed by atoms with E-state index in [-0.39, 0.29) is 0 Å². The predicted octanol–water partition coefficient (Wildman–Crippen LogP) is 3.41. The zero-order valence-corrected chi connectivity index (χ0v) is 10.0. The standard InChI is InChI=1S/C13H10N2OS/c1-8-2-3-9-5-12(14-11(9)4-8)13-6-10(7-16)17-15-13/h2-7,14H,1H3. The predicted molar refractivity (Wildman–Crippen MR) is 69.5 cm³/mol. The van der Waals surface area contributed by atoms with E-state index < -0.39 is 0 Å². The van der Waals surface area contributed by atoms with Crippen LogP contribution in [0.15, 0.2) is 30.3 Å². The molecule has 0 saturated carbocycles. The van der Waals surface area contributed by atoms with Crippen molar-refractivity contribution in [2.24, 2.45) is 0 Å². The number of rotatable bonds is 2. The van der Waals surface area contributed by atoms with Gasteiger partial charge >= 0.3 is 0 Å². The molecule has 3 rings (SSSR count). The molecule has 0 atom stereocenters. The first-order valence-electron chi connectivity index (χ1n) is 5.28. The molecule has 3 nitrogen and oxygen atoms in total. The third-order valence-corrected chi connectivity index (χ3v) is 3.41. The Morgan fingerprint density at radius 2 is 2.18 bits per heavy atom. The number of benzene rings is 1. The molecule has 0 unspecified atom stereocenters. The van der Waals surface area contributed by atoms with Gasteiger partial charge in [-0.3, -0.25) is 4.79 Å². The minimum Gasteiger partial charge on any atom is -0.353 e. The molecule has 2 heterocycles. The number of aryl methyl sites for hydroxylation is 1. The lowest BCUT2D eigenvalue weighted by Crippen LogP contribution is -1.75. The minimum absolute atomic E-state index is 0.648. The molecule has 0 bridgehead atoms. The second-order valence-electron chi connectivity index (χ2n) is 4.01. The third kappa shape index (κ3) is 1.76. The van der Waals surface area contributed by atoms with E-state index in [1.165, 1.54) is 17.1 Å². The van der Waals surface area contributed by atoms with Crippen LogP contribution in [0, 0.1) is 6.92 Å². The Morgan fingerprint density at radius 3 is 2.94 bits per heavy atom. The number of hydrogen-bond donors (Lipinski definition) is 1. The van der Waals surface area contributed by atoms with Gasteiger partial charge in [0.2, 0.25) is 0 Å². The highest BCUT2D eigenvalue weighted by Gasteiger charge is 2.07. The summed E-state index contributed by atoms with van der Waals surface area (Å²) in [7, 11) is 0. The molecule has 1 aromatic carbocycles. The van der Waals surface area contributed by atoms with Crippen molar-refractivity contribution in [2.45, 2.75) is 6.92 Å². The van der Waals surface area contributed by atoms with Crippen LogP contribution in [-0.4, -0.2) is 15.6 Å². The number of nitrogens with one attached hydrogen (secondary N) is 1. The van der Waals surface area contributed by atoms with Gasteiger partial charge in [-0.05, 0) is 42.2 Å². The van der Waals surface area contributed by atoms with Crippen LogP contribution in [0.3, 0.4) is 0 Å². The van der Waals surface area contributed by atoms with Gasteiger partial charge in [0, 0.05) is 10.9 Å². The summed E-state index contributed by atoms with van der Waals surface area (Å²) in [6.45, 7) is 2.06. The summed E-state index contributed by atoms with van der Waals surface area (Å²) in [5.41, 5.74) is 4.10. The number of hydrogen-bond acceptors (Lipinski definition) is 3. The summed E-state index contributed by atoms with van der Waals surface area (Å²) >= 11 is 1.22. The average molecular weight is 242 g/mol. The van der Waals surface area contributed by atoms with Gasteiger partial charge in [-0.2, -0.15) is 4.37 Å². The van der Waals surface area contributed by atoms with Gasteiger partial charge in [-0.25, -0.2) is 0 Å². The zero-order chi connectivity index (χ0) is 11.8. The number of H-pyrrole nitrogens is 1. The highest BCUT2D eigenvalue weighted by Crippen LogP contribution is 2.25. The van der Waals surface area contributed by atoms with E-state index in [4.69, 9.17) is 0 Å². The van der Waals surface area contributed by atoms with Gasteiger partial charge < -0.3 is 4.98 Å². The van der Waals surface area contributed by atoms with E-state index in [2.05, 4.69) is 40.5 Å². The topological polar surface area (TPSA) is 45.8 Å². The molecule has 1 N–H and O–H groups in total. The Kier molecular flexibility index (Phi) is 2.30. The van der Waals surface area contributed by atoms with Crippen molar-refractivity contribution in [1.82, 2.24) is 9.36 Å². The zero-order valence-electron chi connectivity index (χ0n) is 9.23. The molecule has 0 aliphatic carbocycles. The van der Waals surface area contributed by atoms with Crippen LogP contribution in [0.2, 0.25) is 0 Å². The maximum absolute atomic E-state index is 10.6. The van der Waals surface area contributed by atoms with Crippen LogP contribution < -0.4 is 0 Å². The summed E-state index contributed by atoms with van der Waals surface area (Å²) in [5.74, 6) is 0. The van der Waals surface area contributed by atoms with Gasteiger partial charge in [-0.15, -0.1) is 0 Å². The summed E-state index contributed by atoms with van der Waals surface area (Å²) < 4.78 is 4.25. The van der Waals surface area contributed by atoms with E-state index >= 15 is 0 Å². The number of aldehydes is 1. The molecule has 0 aliphatic heterocycles. The number of fused-ring (bicyclic) bond motifs is 1. The first kappa shape index (κ1) is 10.2. The van der Waals surface area contributed by atoms with Gasteiger partial charge in [0.05, 0.1) is 10.6 Å². The van der Waals surface area contributed by atoms with Crippen molar-refractivity contribution in [3.05, 3.63) is 40.8 Å². The molecule has 0 fully saturated rings. The first-order valence-corrected chi connectivity index (χ1v) is 6.05. The van der Waals surface area contributed by atoms with Crippen molar-refractivity contribution < 1.29 is 4.79 Å². The Bertz CT molecular complexity index is 696. The van der Waals surface area contributed by atoms with Crippen molar-refractivity contribution in [1.29, 1.82) is 0 Å². The number of aromatic nitrogens is 2. The molecule has 0 spiro atoms. The molecular formula is C13H10N2OS. The number of carbonyl (C=O) groups excluding carboxylic acids is 1. The summed E-state index contributed by atoms with van der Waals surface area (Å²) in [6, 6.07) is 10.1. The molecule has 0 saturated heterocycles.